The molecule has 1 heterocycles. The van der Waals surface area contributed by atoms with E-state index in [1.165, 1.54) is 24.3 Å². The van der Waals surface area contributed by atoms with Crippen molar-refractivity contribution in [3.63, 3.8) is 0 Å². The van der Waals surface area contributed by atoms with E-state index in [-0.39, 0.29) is 16.7 Å². The lowest BCUT2D eigenvalue weighted by molar-refractivity contribution is 0.137. The first kappa shape index (κ1) is 15.0. The maximum absolute atomic E-state index is 12.2. The summed E-state index contributed by atoms with van der Waals surface area (Å²) in [5.41, 5.74) is 1.64. The summed E-state index contributed by atoms with van der Waals surface area (Å²) < 4.78 is 34.4. The van der Waals surface area contributed by atoms with E-state index < -0.39 is 16.2 Å². The third kappa shape index (κ3) is 3.30. The quantitative estimate of drug-likeness (QED) is 0.675. The van der Waals surface area contributed by atoms with E-state index >= 15 is 0 Å². The van der Waals surface area contributed by atoms with Gasteiger partial charge in [-0.05, 0) is 36.8 Å². The molecule has 0 radical (unpaired) electrons. The summed E-state index contributed by atoms with van der Waals surface area (Å²) in [5.74, 6) is 0.202. The molecule has 0 aromatic heterocycles. The topological polar surface area (TPSA) is 76.1 Å². The molecule has 5 nitrogen and oxygen atoms in total. The van der Waals surface area contributed by atoms with Crippen LogP contribution < -0.4 is 4.18 Å². The summed E-state index contributed by atoms with van der Waals surface area (Å²) in [6.07, 6.45) is -0.856. The molecule has 1 saturated heterocycles. The molecular formula is C16H16O5S. The van der Waals surface area contributed by atoms with Crippen LogP contribution in [0.1, 0.15) is 17.2 Å². The number of ether oxygens (including phenoxy) is 1. The maximum Gasteiger partial charge on any atom is 0.339 e. The van der Waals surface area contributed by atoms with Gasteiger partial charge in [0.2, 0.25) is 0 Å². The monoisotopic (exact) mass is 320 g/mol. The molecule has 0 bridgehead atoms. The predicted octanol–water partition coefficient (Wildman–Crippen LogP) is 2.19. The molecule has 3 rings (SSSR count). The third-order valence-electron chi connectivity index (χ3n) is 3.45. The van der Waals surface area contributed by atoms with Gasteiger partial charge in [0.05, 0.1) is 6.61 Å². The number of hydrogen-bond acceptors (Lipinski definition) is 5. The van der Waals surface area contributed by atoms with Crippen molar-refractivity contribution < 1.29 is 22.4 Å². The van der Waals surface area contributed by atoms with Gasteiger partial charge in [-0.15, -0.1) is 0 Å². The average Bonchev–Trinajstić information content (AvgIpc) is 3.32. The van der Waals surface area contributed by atoms with Gasteiger partial charge in [-0.1, -0.05) is 29.8 Å². The van der Waals surface area contributed by atoms with Crippen LogP contribution in [-0.2, 0) is 14.9 Å². The van der Waals surface area contributed by atoms with Crippen LogP contribution in [0.5, 0.6) is 5.75 Å². The summed E-state index contributed by atoms with van der Waals surface area (Å²) in [6, 6.07) is 12.7. The van der Waals surface area contributed by atoms with Crippen LogP contribution in [0.15, 0.2) is 53.4 Å². The molecule has 2 aromatic carbocycles. The van der Waals surface area contributed by atoms with Crippen LogP contribution in [0.25, 0.3) is 0 Å². The van der Waals surface area contributed by atoms with E-state index in [0.717, 1.165) is 5.56 Å². The van der Waals surface area contributed by atoms with E-state index in [9.17, 15) is 13.5 Å². The van der Waals surface area contributed by atoms with Gasteiger partial charge < -0.3 is 14.0 Å². The van der Waals surface area contributed by atoms with Gasteiger partial charge in [-0.3, -0.25) is 0 Å². The zero-order chi connectivity index (χ0) is 15.7. The third-order valence-corrected chi connectivity index (χ3v) is 4.71. The lowest BCUT2D eigenvalue weighted by Crippen LogP contribution is -2.10. The van der Waals surface area contributed by atoms with Gasteiger partial charge in [0.25, 0.3) is 0 Å². The minimum absolute atomic E-state index is 0.105. The lowest BCUT2D eigenvalue weighted by Gasteiger charge is -2.10. The van der Waals surface area contributed by atoms with Crippen molar-refractivity contribution in [2.24, 2.45) is 0 Å². The number of benzene rings is 2. The molecule has 2 aromatic rings. The van der Waals surface area contributed by atoms with Gasteiger partial charge in [0.15, 0.2) is 0 Å². The number of rotatable bonds is 5. The highest BCUT2D eigenvalue weighted by Crippen LogP contribution is 2.29. The molecule has 22 heavy (non-hydrogen) atoms. The normalized spacial score (nSPS) is 18.7. The Morgan fingerprint density at radius 2 is 1.73 bits per heavy atom. The molecule has 116 valence electrons. The first-order valence-corrected chi connectivity index (χ1v) is 8.27. The minimum atomic E-state index is -3.85. The minimum Gasteiger partial charge on any atom is -0.386 e. The molecule has 1 fully saturated rings. The first-order chi connectivity index (χ1) is 10.5. The summed E-state index contributed by atoms with van der Waals surface area (Å²) in [5, 5.41) is 9.90. The summed E-state index contributed by atoms with van der Waals surface area (Å²) in [7, 11) is -3.85. The Kier molecular flexibility index (Phi) is 3.90. The molecule has 0 aliphatic carbocycles. The first-order valence-electron chi connectivity index (χ1n) is 6.86. The van der Waals surface area contributed by atoms with Crippen LogP contribution in [-0.4, -0.2) is 26.2 Å². The van der Waals surface area contributed by atoms with Crippen molar-refractivity contribution in [3.8, 4) is 5.75 Å². The van der Waals surface area contributed by atoms with Crippen molar-refractivity contribution in [2.45, 2.75) is 24.0 Å². The molecule has 6 heteroatoms. The SMILES string of the molecule is Cc1ccc(S(=O)(=O)Oc2ccc([C@H](O)[C@H]3CO3)cc2)cc1. The fraction of sp³-hybridized carbons (Fsp3) is 0.250. The average molecular weight is 320 g/mol. The largest absolute Gasteiger partial charge is 0.386 e. The second-order valence-corrected chi connectivity index (χ2v) is 6.78. The molecule has 1 aliphatic rings. The van der Waals surface area contributed by atoms with Gasteiger partial charge in [0.1, 0.15) is 22.9 Å². The van der Waals surface area contributed by atoms with Crippen LogP contribution in [0.2, 0.25) is 0 Å². The van der Waals surface area contributed by atoms with Gasteiger partial charge >= 0.3 is 10.1 Å². The number of aliphatic hydroxyl groups excluding tert-OH is 1. The number of aryl methyl sites for hydroxylation is 1. The van der Waals surface area contributed by atoms with Crippen LogP contribution >= 0.6 is 0 Å². The Labute approximate surface area is 129 Å². The van der Waals surface area contributed by atoms with Crippen molar-refractivity contribution in [1.29, 1.82) is 0 Å². The number of epoxide rings is 1. The molecule has 0 saturated carbocycles. The van der Waals surface area contributed by atoms with E-state index in [1.807, 2.05) is 6.92 Å². The number of hydrogen-bond donors (Lipinski definition) is 1. The van der Waals surface area contributed by atoms with E-state index in [1.54, 1.807) is 24.3 Å². The Hall–Kier alpha value is -1.89. The standard InChI is InChI=1S/C16H16O5S/c1-11-2-8-14(9-3-11)22(18,19)21-13-6-4-12(5-7-13)16(17)15-10-20-15/h2-9,15-17H,10H2,1H3/t15-,16+/m1/s1. The van der Waals surface area contributed by atoms with Crippen LogP contribution in [0, 0.1) is 6.92 Å². The fourth-order valence-corrected chi connectivity index (χ4v) is 2.98. The van der Waals surface area contributed by atoms with E-state index in [4.69, 9.17) is 8.92 Å². The van der Waals surface area contributed by atoms with Gasteiger partial charge in [-0.2, -0.15) is 8.42 Å². The Morgan fingerprint density at radius 3 is 2.27 bits per heavy atom. The molecule has 1 N–H and O–H groups in total. The number of aliphatic hydroxyl groups is 1. The second kappa shape index (κ2) is 5.72. The Bertz CT molecular complexity index is 746. The van der Waals surface area contributed by atoms with Crippen molar-refractivity contribution in [3.05, 3.63) is 59.7 Å². The van der Waals surface area contributed by atoms with E-state index in [0.29, 0.717) is 12.2 Å². The van der Waals surface area contributed by atoms with Crippen LogP contribution in [0.3, 0.4) is 0 Å². The molecular weight excluding hydrogens is 304 g/mol. The van der Waals surface area contributed by atoms with E-state index in [2.05, 4.69) is 0 Å². The summed E-state index contributed by atoms with van der Waals surface area (Å²) >= 11 is 0. The van der Waals surface area contributed by atoms with Crippen molar-refractivity contribution >= 4 is 10.1 Å². The zero-order valence-corrected chi connectivity index (χ0v) is 12.8. The Balaban J connectivity index is 1.75. The summed E-state index contributed by atoms with van der Waals surface area (Å²) in [4.78, 5) is 0.105. The zero-order valence-electron chi connectivity index (χ0n) is 12.0. The molecule has 0 spiro atoms. The predicted molar refractivity (Wildman–Crippen MR) is 80.1 cm³/mol. The highest BCUT2D eigenvalue weighted by Gasteiger charge is 2.32. The highest BCUT2D eigenvalue weighted by molar-refractivity contribution is 7.87. The summed E-state index contributed by atoms with van der Waals surface area (Å²) in [6.45, 7) is 2.42. The second-order valence-electron chi connectivity index (χ2n) is 5.24. The highest BCUT2D eigenvalue weighted by atomic mass is 32.2. The van der Waals surface area contributed by atoms with Crippen molar-refractivity contribution in [1.82, 2.24) is 0 Å². The lowest BCUT2D eigenvalue weighted by atomic mass is 10.1. The maximum atomic E-state index is 12.2. The Morgan fingerprint density at radius 1 is 1.14 bits per heavy atom. The molecule has 1 aliphatic heterocycles. The molecule has 0 unspecified atom stereocenters. The van der Waals surface area contributed by atoms with Crippen LogP contribution in [0.4, 0.5) is 0 Å². The fourth-order valence-electron chi connectivity index (χ4n) is 2.05. The molecule has 0 amide bonds. The van der Waals surface area contributed by atoms with Crippen molar-refractivity contribution in [2.75, 3.05) is 6.61 Å². The molecule has 2 atom stereocenters. The smallest absolute Gasteiger partial charge is 0.339 e. The van der Waals surface area contributed by atoms with Gasteiger partial charge in [0, 0.05) is 0 Å². The van der Waals surface area contributed by atoms with Gasteiger partial charge in [-0.25, -0.2) is 0 Å².